The minimum atomic E-state index is 0. The lowest BCUT2D eigenvalue weighted by atomic mass is 10.1. The minimum Gasteiger partial charge on any atom is -0.354 e. The Balaban J connectivity index is 0.00000192. The molecule has 1 heterocycles. The third kappa shape index (κ3) is 4.88. The second-order valence-electron chi connectivity index (χ2n) is 6.71. The van der Waals surface area contributed by atoms with E-state index in [0.717, 1.165) is 26.1 Å². The van der Waals surface area contributed by atoms with Crippen LogP contribution < -0.4 is 10.6 Å². The van der Waals surface area contributed by atoms with E-state index in [1.807, 2.05) is 11.8 Å². The van der Waals surface area contributed by atoms with Crippen LogP contribution in [0.15, 0.2) is 29.2 Å². The third-order valence-corrected chi connectivity index (χ3v) is 6.38. The first-order valence-corrected chi connectivity index (χ1v) is 9.23. The Morgan fingerprint density at radius 3 is 2.61 bits per heavy atom. The van der Waals surface area contributed by atoms with Gasteiger partial charge in [0.25, 0.3) is 0 Å². The first-order chi connectivity index (χ1) is 10.7. The zero-order valence-electron chi connectivity index (χ0n) is 13.8. The zero-order chi connectivity index (χ0) is 15.4. The molecule has 2 fully saturated rings. The van der Waals surface area contributed by atoms with Crippen LogP contribution in [-0.4, -0.2) is 30.3 Å². The molecule has 1 aliphatic carbocycles. The molecule has 3 rings (SSSR count). The van der Waals surface area contributed by atoms with Gasteiger partial charge in [-0.05, 0) is 44.9 Å². The van der Waals surface area contributed by atoms with Gasteiger partial charge in [-0.1, -0.05) is 30.5 Å². The predicted octanol–water partition coefficient (Wildman–Crippen LogP) is 3.55. The highest BCUT2D eigenvalue weighted by molar-refractivity contribution is 8.00. The number of benzene rings is 1. The number of nitrogens with one attached hydrogen (secondary N) is 2. The van der Waals surface area contributed by atoms with Crippen LogP contribution in [0.25, 0.3) is 0 Å². The molecule has 3 nitrogen and oxygen atoms in total. The summed E-state index contributed by atoms with van der Waals surface area (Å²) in [6.45, 7) is 4.74. The Bertz CT molecular complexity index is 508. The van der Waals surface area contributed by atoms with Gasteiger partial charge < -0.3 is 10.6 Å². The number of hydrogen-bond acceptors (Lipinski definition) is 3. The van der Waals surface area contributed by atoms with Gasteiger partial charge in [-0.25, -0.2) is 0 Å². The molecule has 1 aromatic carbocycles. The van der Waals surface area contributed by atoms with Gasteiger partial charge in [0.2, 0.25) is 5.91 Å². The molecule has 5 heteroatoms. The van der Waals surface area contributed by atoms with Crippen LogP contribution in [-0.2, 0) is 4.79 Å². The second kappa shape index (κ2) is 8.41. The van der Waals surface area contributed by atoms with Crippen molar-refractivity contribution in [1.82, 2.24) is 10.6 Å². The molecule has 0 bridgehead atoms. The lowest BCUT2D eigenvalue weighted by molar-refractivity contribution is -0.124. The Kier molecular flexibility index (Phi) is 6.81. The summed E-state index contributed by atoms with van der Waals surface area (Å²) in [7, 11) is 0. The van der Waals surface area contributed by atoms with Crippen molar-refractivity contribution in [3.05, 3.63) is 29.8 Å². The Morgan fingerprint density at radius 2 is 2.00 bits per heavy atom. The van der Waals surface area contributed by atoms with Gasteiger partial charge in [-0.2, -0.15) is 0 Å². The summed E-state index contributed by atoms with van der Waals surface area (Å²) >= 11 is 1.96. The van der Waals surface area contributed by atoms with Gasteiger partial charge in [0.05, 0.1) is 5.92 Å². The fraction of sp³-hybridized carbons (Fsp3) is 0.611. The largest absolute Gasteiger partial charge is 0.354 e. The van der Waals surface area contributed by atoms with Crippen LogP contribution in [0.1, 0.15) is 37.7 Å². The summed E-state index contributed by atoms with van der Waals surface area (Å²) in [6, 6.07) is 8.77. The summed E-state index contributed by atoms with van der Waals surface area (Å²) < 4.78 is 0.191. The number of rotatable bonds is 5. The average Bonchev–Trinajstić information content (AvgIpc) is 3.19. The van der Waals surface area contributed by atoms with Gasteiger partial charge in [0.1, 0.15) is 0 Å². The number of carbonyl (C=O) groups excluding carboxylic acids is 1. The molecule has 1 saturated carbocycles. The molecule has 1 atom stereocenters. The van der Waals surface area contributed by atoms with E-state index in [-0.39, 0.29) is 29.0 Å². The molecule has 1 aromatic rings. The maximum Gasteiger partial charge on any atom is 0.224 e. The molecule has 1 aliphatic heterocycles. The fourth-order valence-corrected chi connectivity index (χ4v) is 4.87. The SMILES string of the molecule is Cc1ccc(SC2(CNC(=O)C3CCNC3)CCCC2)cc1.Cl. The Morgan fingerprint density at radius 1 is 1.30 bits per heavy atom. The van der Waals surface area contributed by atoms with Crippen molar-refractivity contribution in [2.24, 2.45) is 5.92 Å². The number of carbonyl (C=O) groups is 1. The van der Waals surface area contributed by atoms with Crippen molar-refractivity contribution < 1.29 is 4.79 Å². The third-order valence-electron chi connectivity index (χ3n) is 4.89. The molecular weight excluding hydrogens is 328 g/mol. The van der Waals surface area contributed by atoms with E-state index in [4.69, 9.17) is 0 Å². The number of aryl methyl sites for hydroxylation is 1. The molecule has 23 heavy (non-hydrogen) atoms. The van der Waals surface area contributed by atoms with Gasteiger partial charge in [0.15, 0.2) is 0 Å². The molecule has 1 unspecified atom stereocenters. The van der Waals surface area contributed by atoms with E-state index in [0.29, 0.717) is 0 Å². The number of halogens is 1. The molecule has 0 spiro atoms. The highest BCUT2D eigenvalue weighted by Gasteiger charge is 2.36. The highest BCUT2D eigenvalue weighted by atomic mass is 35.5. The normalized spacial score (nSPS) is 22.6. The van der Waals surface area contributed by atoms with Crippen molar-refractivity contribution in [3.63, 3.8) is 0 Å². The fourth-order valence-electron chi connectivity index (χ4n) is 3.46. The molecule has 2 aliphatic rings. The first kappa shape index (κ1) is 18.6. The van der Waals surface area contributed by atoms with Crippen LogP contribution in [0.5, 0.6) is 0 Å². The van der Waals surface area contributed by atoms with Gasteiger partial charge in [-0.3, -0.25) is 4.79 Å². The van der Waals surface area contributed by atoms with E-state index >= 15 is 0 Å². The van der Waals surface area contributed by atoms with Gasteiger partial charge in [-0.15, -0.1) is 24.2 Å². The van der Waals surface area contributed by atoms with Crippen molar-refractivity contribution in [3.8, 4) is 0 Å². The topological polar surface area (TPSA) is 41.1 Å². The molecule has 128 valence electrons. The van der Waals surface area contributed by atoms with Crippen molar-refractivity contribution >= 4 is 30.1 Å². The van der Waals surface area contributed by atoms with Crippen molar-refractivity contribution in [1.29, 1.82) is 0 Å². The molecule has 2 N–H and O–H groups in total. The predicted molar refractivity (Wildman–Crippen MR) is 99.5 cm³/mol. The summed E-state index contributed by atoms with van der Waals surface area (Å²) in [5.74, 6) is 0.406. The van der Waals surface area contributed by atoms with Crippen molar-refractivity contribution in [2.75, 3.05) is 19.6 Å². The Labute approximate surface area is 149 Å². The van der Waals surface area contributed by atoms with Crippen LogP contribution >= 0.6 is 24.2 Å². The van der Waals surface area contributed by atoms with Crippen LogP contribution in [0.4, 0.5) is 0 Å². The van der Waals surface area contributed by atoms with Gasteiger partial charge in [0, 0.05) is 22.7 Å². The van der Waals surface area contributed by atoms with E-state index in [9.17, 15) is 4.79 Å². The number of hydrogen-bond donors (Lipinski definition) is 2. The summed E-state index contributed by atoms with van der Waals surface area (Å²) in [5.41, 5.74) is 1.30. The van der Waals surface area contributed by atoms with E-state index in [1.54, 1.807) is 0 Å². The number of thioether (sulfide) groups is 1. The van der Waals surface area contributed by atoms with Crippen molar-refractivity contribution in [2.45, 2.75) is 48.7 Å². The maximum atomic E-state index is 12.3. The van der Waals surface area contributed by atoms with Crippen LogP contribution in [0.3, 0.4) is 0 Å². The number of amides is 1. The maximum absolute atomic E-state index is 12.3. The van der Waals surface area contributed by atoms with E-state index in [1.165, 1.54) is 36.1 Å². The van der Waals surface area contributed by atoms with Crippen LogP contribution in [0, 0.1) is 12.8 Å². The zero-order valence-corrected chi connectivity index (χ0v) is 15.4. The lowest BCUT2D eigenvalue weighted by Gasteiger charge is -2.29. The second-order valence-corrected chi connectivity index (χ2v) is 8.25. The average molecular weight is 355 g/mol. The Hall–Kier alpha value is -0.710. The molecule has 0 radical (unpaired) electrons. The van der Waals surface area contributed by atoms with Crippen LogP contribution in [0.2, 0.25) is 0 Å². The quantitative estimate of drug-likeness (QED) is 0.849. The first-order valence-electron chi connectivity index (χ1n) is 8.41. The molecule has 0 aromatic heterocycles. The monoisotopic (exact) mass is 354 g/mol. The summed E-state index contributed by atoms with van der Waals surface area (Å²) in [4.78, 5) is 13.6. The molecular formula is C18H27ClN2OS. The lowest BCUT2D eigenvalue weighted by Crippen LogP contribution is -2.41. The van der Waals surface area contributed by atoms with E-state index < -0.39 is 0 Å². The minimum absolute atomic E-state index is 0. The van der Waals surface area contributed by atoms with E-state index in [2.05, 4.69) is 41.8 Å². The smallest absolute Gasteiger partial charge is 0.224 e. The van der Waals surface area contributed by atoms with Gasteiger partial charge >= 0.3 is 0 Å². The summed E-state index contributed by atoms with van der Waals surface area (Å²) in [6.07, 6.45) is 5.94. The molecule has 1 amide bonds. The molecule has 1 saturated heterocycles. The summed E-state index contributed by atoms with van der Waals surface area (Å²) in [5, 5.41) is 6.51. The standard InChI is InChI=1S/C18H26N2OS.ClH/c1-14-4-6-16(7-5-14)22-18(9-2-3-10-18)13-20-17(21)15-8-11-19-12-15;/h4-7,15,19H,2-3,8-13H2,1H3,(H,20,21);1H. The highest BCUT2D eigenvalue weighted by Crippen LogP contribution is 2.44.